The van der Waals surface area contributed by atoms with E-state index in [1.54, 1.807) is 7.11 Å². The molecule has 34 heavy (non-hydrogen) atoms. The summed E-state index contributed by atoms with van der Waals surface area (Å²) in [5.41, 5.74) is 4.28. The summed E-state index contributed by atoms with van der Waals surface area (Å²) in [6.45, 7) is 5.16. The number of carbonyl (C=O) groups is 1. The number of anilines is 2. The van der Waals surface area contributed by atoms with Gasteiger partial charge in [0.05, 0.1) is 12.8 Å². The van der Waals surface area contributed by atoms with E-state index < -0.39 is 6.09 Å². The van der Waals surface area contributed by atoms with Crippen molar-refractivity contribution >= 4 is 17.5 Å². The molecule has 1 fully saturated rings. The zero-order valence-electron chi connectivity index (χ0n) is 19.8. The van der Waals surface area contributed by atoms with Gasteiger partial charge in [-0.15, -0.1) is 0 Å². The summed E-state index contributed by atoms with van der Waals surface area (Å²) in [7, 11) is 1.71. The third-order valence-electron chi connectivity index (χ3n) is 6.38. The van der Waals surface area contributed by atoms with Crippen LogP contribution in [0.5, 0.6) is 5.75 Å². The maximum absolute atomic E-state index is 11.9. The van der Waals surface area contributed by atoms with Crippen molar-refractivity contribution in [2.75, 3.05) is 56.2 Å². The number of amides is 1. The number of hydrogen-bond donors (Lipinski definition) is 1. The monoisotopic (exact) mass is 459 g/mol. The molecule has 1 saturated heterocycles. The van der Waals surface area contributed by atoms with Crippen LogP contribution in [0.1, 0.15) is 17.5 Å². The maximum atomic E-state index is 11.9. The molecule has 6 heteroatoms. The van der Waals surface area contributed by atoms with Crippen molar-refractivity contribution in [3.05, 3.63) is 90.0 Å². The van der Waals surface area contributed by atoms with Crippen LogP contribution in [0.15, 0.2) is 78.9 Å². The van der Waals surface area contributed by atoms with Crippen LogP contribution in [-0.2, 0) is 6.42 Å². The van der Waals surface area contributed by atoms with Gasteiger partial charge in [-0.25, -0.2) is 4.79 Å². The van der Waals surface area contributed by atoms with E-state index in [9.17, 15) is 9.90 Å². The molecule has 0 aromatic heterocycles. The van der Waals surface area contributed by atoms with Crippen LogP contribution in [0.25, 0.3) is 0 Å². The molecule has 1 amide bonds. The first-order valence-corrected chi connectivity index (χ1v) is 11.9. The van der Waals surface area contributed by atoms with Crippen molar-refractivity contribution in [2.45, 2.75) is 12.8 Å². The first-order chi connectivity index (χ1) is 16.6. The summed E-state index contributed by atoms with van der Waals surface area (Å²) >= 11 is 0. The van der Waals surface area contributed by atoms with Gasteiger partial charge in [-0.1, -0.05) is 54.6 Å². The highest BCUT2D eigenvalue weighted by Crippen LogP contribution is 2.28. The Morgan fingerprint density at radius 3 is 2.21 bits per heavy atom. The largest absolute Gasteiger partial charge is 0.495 e. The minimum atomic E-state index is -0.906. The van der Waals surface area contributed by atoms with Crippen LogP contribution in [0.4, 0.5) is 16.2 Å². The number of rotatable bonds is 9. The van der Waals surface area contributed by atoms with Gasteiger partial charge in [0.25, 0.3) is 0 Å². The van der Waals surface area contributed by atoms with Crippen molar-refractivity contribution in [1.29, 1.82) is 0 Å². The standard InChI is InChI=1S/C28H33N3O3/c1-34-27-11-6-5-10-26(27)30-20-18-29(19-21-30)16-7-17-31(28(32)33)25-14-12-24(13-15-25)22-23-8-3-2-4-9-23/h2-6,8-15H,7,16-22H2,1H3,(H,32,33). The van der Waals surface area contributed by atoms with Gasteiger partial charge in [0.2, 0.25) is 0 Å². The summed E-state index contributed by atoms with van der Waals surface area (Å²) in [6.07, 6.45) is 0.735. The van der Waals surface area contributed by atoms with E-state index in [0.29, 0.717) is 6.54 Å². The van der Waals surface area contributed by atoms with Gasteiger partial charge in [0.1, 0.15) is 5.75 Å². The molecule has 3 aromatic carbocycles. The van der Waals surface area contributed by atoms with Gasteiger partial charge in [-0.3, -0.25) is 9.80 Å². The zero-order chi connectivity index (χ0) is 23.8. The number of methoxy groups -OCH3 is 1. The van der Waals surface area contributed by atoms with E-state index in [1.165, 1.54) is 16.0 Å². The lowest BCUT2D eigenvalue weighted by Gasteiger charge is -2.36. The number of nitrogens with zero attached hydrogens (tertiary/aromatic N) is 3. The third-order valence-corrected chi connectivity index (χ3v) is 6.38. The molecule has 4 rings (SSSR count). The highest BCUT2D eigenvalue weighted by molar-refractivity contribution is 5.85. The van der Waals surface area contributed by atoms with E-state index in [-0.39, 0.29) is 0 Å². The van der Waals surface area contributed by atoms with Crippen molar-refractivity contribution in [3.63, 3.8) is 0 Å². The first-order valence-electron chi connectivity index (χ1n) is 11.9. The average Bonchev–Trinajstić information content (AvgIpc) is 2.88. The van der Waals surface area contributed by atoms with Crippen molar-refractivity contribution < 1.29 is 14.6 Å². The molecule has 0 atom stereocenters. The van der Waals surface area contributed by atoms with Gasteiger partial charge < -0.3 is 14.7 Å². The summed E-state index contributed by atoms with van der Waals surface area (Å²) in [4.78, 5) is 18.1. The molecule has 0 radical (unpaired) electrons. The second kappa shape index (κ2) is 11.6. The van der Waals surface area contributed by atoms with Crippen molar-refractivity contribution in [2.24, 2.45) is 0 Å². The molecular formula is C28H33N3O3. The number of piperazine rings is 1. The summed E-state index contributed by atoms with van der Waals surface area (Å²) < 4.78 is 5.50. The summed E-state index contributed by atoms with van der Waals surface area (Å²) in [5.74, 6) is 0.905. The fourth-order valence-electron chi connectivity index (χ4n) is 4.52. The predicted molar refractivity (Wildman–Crippen MR) is 137 cm³/mol. The second-order valence-electron chi connectivity index (χ2n) is 8.62. The molecule has 0 saturated carbocycles. The Bertz CT molecular complexity index is 1050. The van der Waals surface area contributed by atoms with Gasteiger partial charge in [-0.2, -0.15) is 0 Å². The molecule has 0 aliphatic carbocycles. The lowest BCUT2D eigenvalue weighted by atomic mass is 10.0. The average molecular weight is 460 g/mol. The molecule has 1 aliphatic rings. The molecule has 1 N–H and O–H groups in total. The smallest absolute Gasteiger partial charge is 0.411 e. The topological polar surface area (TPSA) is 56.2 Å². The SMILES string of the molecule is COc1ccccc1N1CCN(CCCN(C(=O)O)c2ccc(Cc3ccccc3)cc2)CC1. The molecule has 0 spiro atoms. The molecule has 0 unspecified atom stereocenters. The van der Waals surface area contributed by atoms with Gasteiger partial charge in [-0.05, 0) is 54.8 Å². The minimum Gasteiger partial charge on any atom is -0.495 e. The molecule has 1 aliphatic heterocycles. The first kappa shape index (κ1) is 23.6. The van der Waals surface area contributed by atoms with Crippen LogP contribution >= 0.6 is 0 Å². The normalized spacial score (nSPS) is 14.1. The fourth-order valence-corrected chi connectivity index (χ4v) is 4.52. The van der Waals surface area contributed by atoms with Gasteiger partial charge in [0, 0.05) is 38.4 Å². The maximum Gasteiger partial charge on any atom is 0.411 e. The molecule has 178 valence electrons. The van der Waals surface area contributed by atoms with Crippen molar-refractivity contribution in [1.82, 2.24) is 4.90 Å². The minimum absolute atomic E-state index is 0.486. The van der Waals surface area contributed by atoms with Gasteiger partial charge in [0.15, 0.2) is 0 Å². The predicted octanol–water partition coefficient (Wildman–Crippen LogP) is 4.98. The van der Waals surface area contributed by atoms with Gasteiger partial charge >= 0.3 is 6.09 Å². The Morgan fingerprint density at radius 2 is 1.53 bits per heavy atom. The molecule has 0 bridgehead atoms. The molecule has 6 nitrogen and oxygen atoms in total. The Morgan fingerprint density at radius 1 is 0.882 bits per heavy atom. The van der Waals surface area contributed by atoms with E-state index in [4.69, 9.17) is 4.74 Å². The van der Waals surface area contributed by atoms with Crippen LogP contribution in [0.2, 0.25) is 0 Å². The van der Waals surface area contributed by atoms with Crippen LogP contribution in [0.3, 0.4) is 0 Å². The van der Waals surface area contributed by atoms with Crippen molar-refractivity contribution in [3.8, 4) is 5.75 Å². The highest BCUT2D eigenvalue weighted by Gasteiger charge is 2.20. The number of hydrogen-bond acceptors (Lipinski definition) is 4. The van der Waals surface area contributed by atoms with Crippen LogP contribution < -0.4 is 14.5 Å². The third kappa shape index (κ3) is 6.08. The lowest BCUT2D eigenvalue weighted by Crippen LogP contribution is -2.47. The highest BCUT2D eigenvalue weighted by atomic mass is 16.5. The lowest BCUT2D eigenvalue weighted by molar-refractivity contribution is 0.200. The Kier molecular flexibility index (Phi) is 8.04. The van der Waals surface area contributed by atoms with E-state index in [1.807, 2.05) is 60.7 Å². The quantitative estimate of drug-likeness (QED) is 0.489. The molecule has 3 aromatic rings. The Balaban J connectivity index is 1.26. The Hall–Kier alpha value is -3.51. The fraction of sp³-hybridized carbons (Fsp3) is 0.321. The molecule has 1 heterocycles. The number of para-hydroxylation sites is 2. The summed E-state index contributed by atoms with van der Waals surface area (Å²) in [5, 5.41) is 9.77. The summed E-state index contributed by atoms with van der Waals surface area (Å²) in [6, 6.07) is 26.3. The molecular weight excluding hydrogens is 426 g/mol. The number of benzene rings is 3. The second-order valence-corrected chi connectivity index (χ2v) is 8.62. The van der Waals surface area contributed by atoms with Crippen LogP contribution in [-0.4, -0.2) is 62.5 Å². The van der Waals surface area contributed by atoms with Crippen LogP contribution in [0, 0.1) is 0 Å². The van der Waals surface area contributed by atoms with E-state index in [2.05, 4.69) is 28.0 Å². The van der Waals surface area contributed by atoms with E-state index in [0.717, 1.165) is 62.7 Å². The number of carboxylic acid groups (broad SMARTS) is 1. The van der Waals surface area contributed by atoms with E-state index >= 15 is 0 Å². The number of ether oxygens (including phenoxy) is 1. The zero-order valence-corrected chi connectivity index (χ0v) is 19.8. The Labute approximate surface area is 202 Å².